The highest BCUT2D eigenvalue weighted by atomic mass is 16.7. The number of hydrogen-bond donors (Lipinski definition) is 1. The molecule has 150 valence electrons. The van der Waals surface area contributed by atoms with Gasteiger partial charge in [-0.1, -0.05) is 42.5 Å². The highest BCUT2D eigenvalue weighted by Crippen LogP contribution is 2.39. The number of primary amides is 1. The van der Waals surface area contributed by atoms with E-state index in [0.29, 0.717) is 26.1 Å². The molecule has 6 nitrogen and oxygen atoms in total. The Hall–Kier alpha value is -2.96. The summed E-state index contributed by atoms with van der Waals surface area (Å²) >= 11 is 0. The average Bonchev–Trinajstić information content (AvgIpc) is 3.19. The zero-order valence-corrected chi connectivity index (χ0v) is 16.5. The lowest BCUT2D eigenvalue weighted by molar-refractivity contribution is -0.279. The standard InChI is InChI=1S/C23H25N3O3/c1-17-25-12-13-26(17)21-9-7-18(8-10-21)16-29-23(20-5-3-2-4-6-20)15-19(22(24)27)11-14-28-23/h2-10,12-13,19H,11,14-16H2,1H3,(H2,24,27). The van der Waals surface area contributed by atoms with Gasteiger partial charge in [-0.25, -0.2) is 4.98 Å². The molecule has 29 heavy (non-hydrogen) atoms. The molecule has 1 aromatic heterocycles. The lowest BCUT2D eigenvalue weighted by atomic mass is 9.88. The number of aromatic nitrogens is 2. The molecular formula is C23H25N3O3. The van der Waals surface area contributed by atoms with E-state index in [2.05, 4.69) is 4.98 Å². The largest absolute Gasteiger partial charge is 0.369 e. The van der Waals surface area contributed by atoms with Crippen LogP contribution < -0.4 is 5.73 Å². The van der Waals surface area contributed by atoms with Crippen LogP contribution in [0, 0.1) is 12.8 Å². The molecule has 1 aliphatic heterocycles. The fourth-order valence-corrected chi connectivity index (χ4v) is 3.77. The maximum Gasteiger partial charge on any atom is 0.220 e. The maximum atomic E-state index is 11.8. The fraction of sp³-hybridized carbons (Fsp3) is 0.304. The van der Waals surface area contributed by atoms with E-state index in [9.17, 15) is 4.79 Å². The lowest BCUT2D eigenvalue weighted by Crippen LogP contribution is -2.43. The molecule has 1 aliphatic rings. The van der Waals surface area contributed by atoms with Crippen molar-refractivity contribution in [3.05, 3.63) is 83.9 Å². The number of amides is 1. The van der Waals surface area contributed by atoms with Crippen molar-refractivity contribution in [2.24, 2.45) is 11.7 Å². The van der Waals surface area contributed by atoms with Crippen LogP contribution in [0.2, 0.25) is 0 Å². The molecule has 0 radical (unpaired) electrons. The van der Waals surface area contributed by atoms with Gasteiger partial charge in [0.2, 0.25) is 5.91 Å². The summed E-state index contributed by atoms with van der Waals surface area (Å²) in [7, 11) is 0. The molecule has 0 bridgehead atoms. The number of carbonyl (C=O) groups excluding carboxylic acids is 1. The first-order valence-electron chi connectivity index (χ1n) is 9.79. The Kier molecular flexibility index (Phi) is 5.47. The summed E-state index contributed by atoms with van der Waals surface area (Å²) < 4.78 is 14.5. The van der Waals surface area contributed by atoms with Gasteiger partial charge in [0, 0.05) is 36.0 Å². The second kappa shape index (κ2) is 8.19. The van der Waals surface area contributed by atoms with Crippen LogP contribution in [-0.4, -0.2) is 22.1 Å². The quantitative estimate of drug-likeness (QED) is 0.698. The molecule has 2 atom stereocenters. The normalized spacial score (nSPS) is 21.8. The molecule has 2 aromatic carbocycles. The SMILES string of the molecule is Cc1nccn1-c1ccc(COC2(c3ccccc3)CC(C(N)=O)CCO2)cc1. The number of carbonyl (C=O) groups is 1. The van der Waals surface area contributed by atoms with Gasteiger partial charge >= 0.3 is 0 Å². The Bertz CT molecular complexity index is 969. The van der Waals surface area contributed by atoms with E-state index >= 15 is 0 Å². The molecule has 0 saturated carbocycles. The third kappa shape index (κ3) is 4.09. The molecule has 4 rings (SSSR count). The summed E-state index contributed by atoms with van der Waals surface area (Å²) in [5.74, 6) is -0.614. The molecule has 2 N–H and O–H groups in total. The van der Waals surface area contributed by atoms with E-state index in [1.165, 1.54) is 0 Å². The van der Waals surface area contributed by atoms with Crippen molar-refractivity contribution in [2.45, 2.75) is 32.2 Å². The van der Waals surface area contributed by atoms with Crippen molar-refractivity contribution >= 4 is 5.91 Å². The number of nitrogens with two attached hydrogens (primary N) is 1. The number of nitrogens with zero attached hydrogens (tertiary/aromatic N) is 2. The van der Waals surface area contributed by atoms with Gasteiger partial charge in [0.15, 0.2) is 5.79 Å². The summed E-state index contributed by atoms with van der Waals surface area (Å²) in [5, 5.41) is 0. The summed E-state index contributed by atoms with van der Waals surface area (Å²) in [5.41, 5.74) is 8.56. The minimum Gasteiger partial charge on any atom is -0.369 e. The number of imidazole rings is 1. The Morgan fingerprint density at radius 2 is 2.00 bits per heavy atom. The number of aryl methyl sites for hydroxylation is 1. The fourth-order valence-electron chi connectivity index (χ4n) is 3.77. The van der Waals surface area contributed by atoms with E-state index in [1.54, 1.807) is 6.20 Å². The van der Waals surface area contributed by atoms with E-state index in [1.807, 2.05) is 72.3 Å². The topological polar surface area (TPSA) is 79.4 Å². The molecule has 6 heteroatoms. The van der Waals surface area contributed by atoms with Crippen LogP contribution >= 0.6 is 0 Å². The molecule has 1 amide bonds. The van der Waals surface area contributed by atoms with Crippen molar-refractivity contribution < 1.29 is 14.3 Å². The van der Waals surface area contributed by atoms with Crippen LogP contribution in [0.5, 0.6) is 0 Å². The van der Waals surface area contributed by atoms with E-state index in [4.69, 9.17) is 15.2 Å². The number of hydrogen-bond acceptors (Lipinski definition) is 4. The van der Waals surface area contributed by atoms with Crippen LogP contribution in [0.4, 0.5) is 0 Å². The van der Waals surface area contributed by atoms with Crippen LogP contribution in [0.3, 0.4) is 0 Å². The van der Waals surface area contributed by atoms with Crippen molar-refractivity contribution in [3.63, 3.8) is 0 Å². The average molecular weight is 391 g/mol. The third-order valence-electron chi connectivity index (χ3n) is 5.44. The van der Waals surface area contributed by atoms with Crippen LogP contribution in [0.25, 0.3) is 5.69 Å². The van der Waals surface area contributed by atoms with Gasteiger partial charge in [-0.3, -0.25) is 4.79 Å². The van der Waals surface area contributed by atoms with Gasteiger partial charge in [0.25, 0.3) is 0 Å². The predicted octanol–water partition coefficient (Wildman–Crippen LogP) is 3.46. The van der Waals surface area contributed by atoms with Gasteiger partial charge in [0.05, 0.1) is 13.2 Å². The van der Waals surface area contributed by atoms with E-state index < -0.39 is 5.79 Å². The minimum absolute atomic E-state index is 0.268. The van der Waals surface area contributed by atoms with Crippen LogP contribution in [0.1, 0.15) is 29.8 Å². The highest BCUT2D eigenvalue weighted by molar-refractivity contribution is 5.76. The van der Waals surface area contributed by atoms with Gasteiger partial charge in [-0.15, -0.1) is 0 Å². The number of ether oxygens (including phenoxy) is 2. The van der Waals surface area contributed by atoms with Gasteiger partial charge < -0.3 is 19.8 Å². The molecule has 0 aliphatic carbocycles. The van der Waals surface area contributed by atoms with Gasteiger partial charge in [-0.05, 0) is 31.0 Å². The number of benzene rings is 2. The molecular weight excluding hydrogens is 366 g/mol. The van der Waals surface area contributed by atoms with Crippen molar-refractivity contribution in [1.29, 1.82) is 0 Å². The van der Waals surface area contributed by atoms with Crippen LogP contribution in [-0.2, 0) is 26.7 Å². The number of rotatable bonds is 6. The van der Waals surface area contributed by atoms with Crippen molar-refractivity contribution in [1.82, 2.24) is 9.55 Å². The monoisotopic (exact) mass is 391 g/mol. The Labute approximate surface area is 170 Å². The zero-order chi connectivity index (χ0) is 20.3. The first-order chi connectivity index (χ1) is 14.1. The molecule has 1 fully saturated rings. The van der Waals surface area contributed by atoms with Crippen molar-refractivity contribution in [2.75, 3.05) is 6.61 Å². The highest BCUT2D eigenvalue weighted by Gasteiger charge is 2.42. The Morgan fingerprint density at radius 3 is 2.66 bits per heavy atom. The Morgan fingerprint density at radius 1 is 1.24 bits per heavy atom. The first-order valence-corrected chi connectivity index (χ1v) is 9.79. The van der Waals surface area contributed by atoms with Crippen molar-refractivity contribution in [3.8, 4) is 5.69 Å². The molecule has 2 heterocycles. The third-order valence-corrected chi connectivity index (χ3v) is 5.44. The lowest BCUT2D eigenvalue weighted by Gasteiger charge is -2.40. The summed E-state index contributed by atoms with van der Waals surface area (Å²) in [6.07, 6.45) is 4.75. The van der Waals surface area contributed by atoms with E-state index in [0.717, 1.165) is 22.6 Å². The minimum atomic E-state index is -0.973. The van der Waals surface area contributed by atoms with Gasteiger partial charge in [-0.2, -0.15) is 0 Å². The maximum absolute atomic E-state index is 11.8. The van der Waals surface area contributed by atoms with Gasteiger partial charge in [0.1, 0.15) is 5.82 Å². The van der Waals surface area contributed by atoms with E-state index in [-0.39, 0.29) is 11.8 Å². The summed E-state index contributed by atoms with van der Waals surface area (Å²) in [6.45, 7) is 2.77. The summed E-state index contributed by atoms with van der Waals surface area (Å²) in [6, 6.07) is 17.9. The Balaban J connectivity index is 1.54. The molecule has 2 unspecified atom stereocenters. The second-order valence-electron chi connectivity index (χ2n) is 7.36. The second-order valence-corrected chi connectivity index (χ2v) is 7.36. The molecule has 1 saturated heterocycles. The first kappa shape index (κ1) is 19.4. The molecule has 0 spiro atoms. The van der Waals surface area contributed by atoms with Crippen LogP contribution in [0.15, 0.2) is 67.0 Å². The molecule has 3 aromatic rings. The predicted molar refractivity (Wildman–Crippen MR) is 109 cm³/mol. The summed E-state index contributed by atoms with van der Waals surface area (Å²) in [4.78, 5) is 16.1. The zero-order valence-electron chi connectivity index (χ0n) is 16.5. The smallest absolute Gasteiger partial charge is 0.220 e.